The van der Waals surface area contributed by atoms with E-state index in [2.05, 4.69) is 20.2 Å². The Hall–Kier alpha value is -2.76. The summed E-state index contributed by atoms with van der Waals surface area (Å²) in [5, 5.41) is 4.27. The molecule has 1 atom stereocenters. The van der Waals surface area contributed by atoms with E-state index < -0.39 is 0 Å². The Morgan fingerprint density at radius 2 is 2.04 bits per heavy atom. The number of hydrogen-bond acceptors (Lipinski definition) is 5. The number of halogens is 1. The van der Waals surface area contributed by atoms with Gasteiger partial charge in [-0.2, -0.15) is 0 Å². The number of anilines is 1. The van der Waals surface area contributed by atoms with Gasteiger partial charge in [0.05, 0.1) is 6.04 Å². The average Bonchev–Trinajstić information content (AvgIpc) is 2.74. The topological polar surface area (TPSA) is 58.1 Å². The molecule has 4 rings (SSSR count). The predicted molar refractivity (Wildman–Crippen MR) is 113 cm³/mol. The highest BCUT2D eigenvalue weighted by Crippen LogP contribution is 2.27. The summed E-state index contributed by atoms with van der Waals surface area (Å²) in [6, 6.07) is 17.1. The summed E-state index contributed by atoms with van der Waals surface area (Å²) in [5.41, 5.74) is 2.80. The first-order valence-corrected chi connectivity index (χ1v) is 9.67. The lowest BCUT2D eigenvalue weighted by molar-refractivity contribution is 0.103. The molecule has 1 aromatic carbocycles. The van der Waals surface area contributed by atoms with Gasteiger partial charge in [-0.15, -0.1) is 0 Å². The molecule has 5 nitrogen and oxygen atoms in total. The van der Waals surface area contributed by atoms with Gasteiger partial charge in [-0.3, -0.25) is 9.78 Å². The maximum Gasteiger partial charge on any atom is 0.213 e. The molecule has 0 spiro atoms. The Balaban J connectivity index is 0.00000240. The molecule has 1 unspecified atom stereocenters. The number of piperazine rings is 1. The Kier molecular flexibility index (Phi) is 5.37. The van der Waals surface area contributed by atoms with E-state index in [9.17, 15) is 4.79 Å². The van der Waals surface area contributed by atoms with E-state index in [-0.39, 0.29) is 13.3 Å². The molecule has 3 heterocycles. The molecule has 6 heteroatoms. The zero-order valence-corrected chi connectivity index (χ0v) is 16.4. The van der Waals surface area contributed by atoms with Crippen molar-refractivity contribution in [2.45, 2.75) is 13.0 Å². The summed E-state index contributed by atoms with van der Waals surface area (Å²) >= 11 is 6.38. The van der Waals surface area contributed by atoms with Crippen LogP contribution in [-0.4, -0.2) is 35.4 Å². The summed E-state index contributed by atoms with van der Waals surface area (Å²) in [5.74, 6) is 0.691. The highest BCUT2D eigenvalue weighted by atomic mass is 35.5. The number of aryl methyl sites for hydroxylation is 1. The third-order valence-corrected chi connectivity index (χ3v) is 5.34. The first-order chi connectivity index (χ1) is 13.6. The summed E-state index contributed by atoms with van der Waals surface area (Å²) in [7, 11) is 0. The molecular formula is C22H23ClN4O. The van der Waals surface area contributed by atoms with Crippen molar-refractivity contribution in [3.05, 3.63) is 88.3 Å². The third-order valence-electron chi connectivity index (χ3n) is 5.00. The number of carbonyl (C=O) groups excluding carboxylic acids is 1. The van der Waals surface area contributed by atoms with Gasteiger partial charge in [-0.05, 0) is 42.8 Å². The fourth-order valence-corrected chi connectivity index (χ4v) is 3.78. The van der Waals surface area contributed by atoms with Crippen LogP contribution in [0, 0.1) is 6.92 Å². The van der Waals surface area contributed by atoms with Crippen LogP contribution in [0.3, 0.4) is 0 Å². The molecule has 0 aliphatic carbocycles. The van der Waals surface area contributed by atoms with E-state index in [1.807, 2.05) is 43.3 Å². The Bertz CT molecular complexity index is 1010. The number of benzene rings is 1. The number of carbonyl (C=O) groups is 1. The molecule has 0 bridgehead atoms. The molecule has 0 radical (unpaired) electrons. The van der Waals surface area contributed by atoms with Crippen LogP contribution >= 0.6 is 11.6 Å². The van der Waals surface area contributed by atoms with Crippen molar-refractivity contribution in [2.75, 3.05) is 24.5 Å². The number of ketones is 1. The SMILES string of the molecule is Cc1ncccc1C(=O)c1cccc(N2CCNC(c3ccccc3Cl)C2)n1.[HH]. The van der Waals surface area contributed by atoms with E-state index in [4.69, 9.17) is 11.6 Å². The van der Waals surface area contributed by atoms with Crippen molar-refractivity contribution in [3.63, 3.8) is 0 Å². The molecule has 28 heavy (non-hydrogen) atoms. The van der Waals surface area contributed by atoms with E-state index >= 15 is 0 Å². The summed E-state index contributed by atoms with van der Waals surface area (Å²) < 4.78 is 0. The Labute approximate surface area is 170 Å². The maximum absolute atomic E-state index is 12.9. The molecule has 1 aliphatic heterocycles. The lowest BCUT2D eigenvalue weighted by Gasteiger charge is -2.35. The van der Waals surface area contributed by atoms with Crippen molar-refractivity contribution < 1.29 is 6.22 Å². The van der Waals surface area contributed by atoms with Crippen LogP contribution in [0.25, 0.3) is 0 Å². The number of nitrogens with one attached hydrogen (secondary N) is 1. The molecule has 1 fully saturated rings. The van der Waals surface area contributed by atoms with Crippen LogP contribution < -0.4 is 10.2 Å². The van der Waals surface area contributed by atoms with Crippen LogP contribution in [-0.2, 0) is 0 Å². The van der Waals surface area contributed by atoms with Gasteiger partial charge in [0.1, 0.15) is 11.5 Å². The smallest absolute Gasteiger partial charge is 0.213 e. The van der Waals surface area contributed by atoms with Crippen molar-refractivity contribution in [1.82, 2.24) is 15.3 Å². The predicted octanol–water partition coefficient (Wildman–Crippen LogP) is 4.07. The van der Waals surface area contributed by atoms with Gasteiger partial charge in [0.15, 0.2) is 0 Å². The fourth-order valence-electron chi connectivity index (χ4n) is 3.51. The van der Waals surface area contributed by atoms with Crippen LogP contribution in [0.15, 0.2) is 60.8 Å². The minimum absolute atomic E-state index is 0. The monoisotopic (exact) mass is 394 g/mol. The molecular weight excluding hydrogens is 372 g/mol. The Morgan fingerprint density at radius 1 is 1.18 bits per heavy atom. The van der Waals surface area contributed by atoms with E-state index in [1.54, 1.807) is 24.4 Å². The minimum Gasteiger partial charge on any atom is -0.353 e. The van der Waals surface area contributed by atoms with Gasteiger partial charge < -0.3 is 10.2 Å². The second-order valence-electron chi connectivity index (χ2n) is 6.82. The molecule has 1 N–H and O–H groups in total. The lowest BCUT2D eigenvalue weighted by Crippen LogP contribution is -2.46. The van der Waals surface area contributed by atoms with Crippen molar-refractivity contribution in [2.24, 2.45) is 0 Å². The maximum atomic E-state index is 12.9. The molecule has 0 amide bonds. The summed E-state index contributed by atoms with van der Waals surface area (Å²) in [4.78, 5) is 23.9. The van der Waals surface area contributed by atoms with Crippen LogP contribution in [0.1, 0.15) is 34.8 Å². The quantitative estimate of drug-likeness (QED) is 0.676. The zero-order chi connectivity index (χ0) is 19.5. The van der Waals surface area contributed by atoms with Crippen molar-refractivity contribution in [1.29, 1.82) is 0 Å². The number of pyridine rings is 2. The number of rotatable bonds is 4. The normalized spacial score (nSPS) is 16.8. The molecule has 2 aromatic heterocycles. The van der Waals surface area contributed by atoms with Gasteiger partial charge >= 0.3 is 0 Å². The first-order valence-electron chi connectivity index (χ1n) is 9.29. The molecule has 0 saturated carbocycles. The minimum atomic E-state index is -0.106. The molecule has 1 saturated heterocycles. The van der Waals surface area contributed by atoms with Gasteiger partial charge in [-0.1, -0.05) is 35.9 Å². The third kappa shape index (κ3) is 3.77. The standard InChI is InChI=1S/C22H21ClN4O.H2/c1-15-16(7-5-11-24-15)22(28)19-9-4-10-21(26-19)27-13-12-25-20(14-27)17-6-2-3-8-18(17)23;/h2-11,20,25H,12-14H2,1H3;1H. The van der Waals surface area contributed by atoms with Gasteiger partial charge in [0.25, 0.3) is 0 Å². The lowest BCUT2D eigenvalue weighted by atomic mass is 10.0. The van der Waals surface area contributed by atoms with Gasteiger partial charge in [0.2, 0.25) is 5.78 Å². The summed E-state index contributed by atoms with van der Waals surface area (Å²) in [6.07, 6.45) is 1.69. The van der Waals surface area contributed by atoms with E-state index in [0.717, 1.165) is 36.0 Å². The number of hydrogen-bond donors (Lipinski definition) is 1. The number of nitrogens with zero attached hydrogens (tertiary/aromatic N) is 3. The molecule has 144 valence electrons. The fraction of sp³-hybridized carbons (Fsp3) is 0.227. The first kappa shape index (κ1) is 18.6. The molecule has 1 aliphatic rings. The molecule has 3 aromatic rings. The van der Waals surface area contributed by atoms with Crippen LogP contribution in [0.5, 0.6) is 0 Å². The van der Waals surface area contributed by atoms with Crippen molar-refractivity contribution >= 4 is 23.2 Å². The average molecular weight is 395 g/mol. The second kappa shape index (κ2) is 8.09. The number of aromatic nitrogens is 2. The zero-order valence-electron chi connectivity index (χ0n) is 15.6. The van der Waals surface area contributed by atoms with E-state index in [0.29, 0.717) is 17.0 Å². The van der Waals surface area contributed by atoms with Crippen LogP contribution in [0.2, 0.25) is 5.02 Å². The van der Waals surface area contributed by atoms with Gasteiger partial charge in [0, 0.05) is 43.5 Å². The second-order valence-corrected chi connectivity index (χ2v) is 7.23. The highest BCUT2D eigenvalue weighted by molar-refractivity contribution is 6.31. The van der Waals surface area contributed by atoms with E-state index in [1.165, 1.54) is 0 Å². The largest absolute Gasteiger partial charge is 0.353 e. The van der Waals surface area contributed by atoms with Crippen molar-refractivity contribution in [3.8, 4) is 0 Å². The Morgan fingerprint density at radius 3 is 2.86 bits per heavy atom. The van der Waals surface area contributed by atoms with Gasteiger partial charge in [-0.25, -0.2) is 4.98 Å². The summed E-state index contributed by atoms with van der Waals surface area (Å²) in [6.45, 7) is 4.21. The van der Waals surface area contributed by atoms with Crippen LogP contribution in [0.4, 0.5) is 5.82 Å². The highest BCUT2D eigenvalue weighted by Gasteiger charge is 2.24.